The van der Waals surface area contributed by atoms with Gasteiger partial charge in [-0.3, -0.25) is 0 Å². The second-order valence-electron chi connectivity index (χ2n) is 4.49. The Morgan fingerprint density at radius 2 is 1.89 bits per heavy atom. The summed E-state index contributed by atoms with van der Waals surface area (Å²) in [6.45, 7) is 1.90. The van der Waals surface area contributed by atoms with E-state index in [1.165, 1.54) is 0 Å². The van der Waals surface area contributed by atoms with Gasteiger partial charge in [0.2, 0.25) is 0 Å². The fourth-order valence-corrected chi connectivity index (χ4v) is 2.53. The number of nitrogens with zero attached hydrogens (tertiary/aromatic N) is 3. The molecule has 4 nitrogen and oxygen atoms in total. The normalized spacial score (nSPS) is 12.8. The van der Waals surface area contributed by atoms with E-state index in [4.69, 9.17) is 5.73 Å². The third kappa shape index (κ3) is 2.15. The topological polar surface area (TPSA) is 56.7 Å². The van der Waals surface area contributed by atoms with Gasteiger partial charge in [0, 0.05) is 15.9 Å². The van der Waals surface area contributed by atoms with Gasteiger partial charge in [-0.05, 0) is 24.4 Å². The van der Waals surface area contributed by atoms with E-state index in [-0.39, 0.29) is 6.04 Å². The summed E-state index contributed by atoms with van der Waals surface area (Å²) >= 11 is 3.57. The Kier molecular flexibility index (Phi) is 3.08. The van der Waals surface area contributed by atoms with Crippen LogP contribution in [0.15, 0.2) is 47.1 Å². The lowest BCUT2D eigenvalue weighted by molar-refractivity contribution is 0.757. The first-order valence-corrected chi connectivity index (χ1v) is 6.81. The minimum absolute atomic E-state index is 0.115. The third-order valence-corrected chi connectivity index (χ3v) is 3.76. The first-order chi connectivity index (χ1) is 9.16. The molecule has 1 atom stereocenters. The SMILES string of the molecule is CC(N)c1cn(-c2ccc(Br)c3ccccc23)nn1. The number of rotatable bonds is 2. The summed E-state index contributed by atoms with van der Waals surface area (Å²) in [5.74, 6) is 0. The van der Waals surface area contributed by atoms with Crippen LogP contribution in [0.4, 0.5) is 0 Å². The molecule has 3 rings (SSSR count). The van der Waals surface area contributed by atoms with Crippen molar-refractivity contribution in [2.45, 2.75) is 13.0 Å². The van der Waals surface area contributed by atoms with Crippen LogP contribution in [0.1, 0.15) is 18.7 Å². The van der Waals surface area contributed by atoms with Crippen molar-refractivity contribution in [1.29, 1.82) is 0 Å². The van der Waals surface area contributed by atoms with Crippen LogP contribution in [0.3, 0.4) is 0 Å². The lowest BCUT2D eigenvalue weighted by Gasteiger charge is -2.07. The molecule has 1 heterocycles. The van der Waals surface area contributed by atoms with Gasteiger partial charge >= 0.3 is 0 Å². The van der Waals surface area contributed by atoms with E-state index in [9.17, 15) is 0 Å². The van der Waals surface area contributed by atoms with Gasteiger partial charge in [0.25, 0.3) is 0 Å². The van der Waals surface area contributed by atoms with Gasteiger partial charge in [0.05, 0.1) is 17.6 Å². The second kappa shape index (κ2) is 4.75. The lowest BCUT2D eigenvalue weighted by atomic mass is 10.1. The highest BCUT2D eigenvalue weighted by molar-refractivity contribution is 9.10. The summed E-state index contributed by atoms with van der Waals surface area (Å²) in [7, 11) is 0. The van der Waals surface area contributed by atoms with Crippen molar-refractivity contribution in [2.75, 3.05) is 0 Å². The van der Waals surface area contributed by atoms with E-state index >= 15 is 0 Å². The molecular formula is C14H13BrN4. The number of aromatic nitrogens is 3. The average molecular weight is 317 g/mol. The molecular weight excluding hydrogens is 304 g/mol. The zero-order valence-electron chi connectivity index (χ0n) is 10.4. The average Bonchev–Trinajstić information content (AvgIpc) is 2.89. The van der Waals surface area contributed by atoms with Gasteiger partial charge < -0.3 is 5.73 Å². The van der Waals surface area contributed by atoms with Crippen molar-refractivity contribution in [2.24, 2.45) is 5.73 Å². The zero-order valence-corrected chi connectivity index (χ0v) is 12.0. The van der Waals surface area contributed by atoms with Crippen LogP contribution >= 0.6 is 15.9 Å². The fourth-order valence-electron chi connectivity index (χ4n) is 2.05. The summed E-state index contributed by atoms with van der Waals surface area (Å²) in [5, 5.41) is 10.5. The Balaban J connectivity index is 2.22. The molecule has 19 heavy (non-hydrogen) atoms. The minimum atomic E-state index is -0.115. The van der Waals surface area contributed by atoms with Crippen LogP contribution in [0.25, 0.3) is 16.5 Å². The molecule has 1 unspecified atom stereocenters. The predicted molar refractivity (Wildman–Crippen MR) is 79.2 cm³/mol. The first kappa shape index (κ1) is 12.3. The maximum atomic E-state index is 5.82. The van der Waals surface area contributed by atoms with E-state index in [1.54, 1.807) is 4.68 Å². The van der Waals surface area contributed by atoms with Gasteiger partial charge in [-0.2, -0.15) is 0 Å². The van der Waals surface area contributed by atoms with Gasteiger partial charge in [0.15, 0.2) is 0 Å². The van der Waals surface area contributed by atoms with Crippen molar-refractivity contribution in [3.05, 3.63) is 52.8 Å². The van der Waals surface area contributed by atoms with Crippen LogP contribution in [0.2, 0.25) is 0 Å². The Bertz CT molecular complexity index is 733. The molecule has 0 aliphatic carbocycles. The van der Waals surface area contributed by atoms with E-state index in [0.717, 1.165) is 26.6 Å². The number of halogens is 1. The van der Waals surface area contributed by atoms with Crippen LogP contribution in [0.5, 0.6) is 0 Å². The number of nitrogens with two attached hydrogens (primary N) is 1. The Morgan fingerprint density at radius 1 is 1.16 bits per heavy atom. The summed E-state index contributed by atoms with van der Waals surface area (Å²) in [6.07, 6.45) is 1.88. The molecule has 0 radical (unpaired) electrons. The van der Waals surface area contributed by atoms with Gasteiger partial charge in [-0.15, -0.1) is 5.10 Å². The van der Waals surface area contributed by atoms with E-state index in [2.05, 4.69) is 38.4 Å². The molecule has 5 heteroatoms. The molecule has 0 fully saturated rings. The highest BCUT2D eigenvalue weighted by Gasteiger charge is 2.10. The van der Waals surface area contributed by atoms with Crippen LogP contribution < -0.4 is 5.73 Å². The molecule has 0 bridgehead atoms. The molecule has 2 N–H and O–H groups in total. The summed E-state index contributed by atoms with van der Waals surface area (Å²) in [6, 6.07) is 12.1. The third-order valence-electron chi connectivity index (χ3n) is 3.07. The molecule has 0 saturated heterocycles. The van der Waals surface area contributed by atoms with Crippen molar-refractivity contribution >= 4 is 26.7 Å². The number of benzene rings is 2. The Morgan fingerprint density at radius 3 is 2.58 bits per heavy atom. The predicted octanol–water partition coefficient (Wildman–Crippen LogP) is 3.20. The summed E-state index contributed by atoms with van der Waals surface area (Å²) in [4.78, 5) is 0. The van der Waals surface area contributed by atoms with Gasteiger partial charge in [-0.1, -0.05) is 45.4 Å². The van der Waals surface area contributed by atoms with Crippen molar-refractivity contribution in [3.63, 3.8) is 0 Å². The molecule has 0 saturated carbocycles. The van der Waals surface area contributed by atoms with Crippen molar-refractivity contribution in [1.82, 2.24) is 15.0 Å². The zero-order chi connectivity index (χ0) is 13.4. The minimum Gasteiger partial charge on any atom is -0.323 e. The second-order valence-corrected chi connectivity index (χ2v) is 5.34. The Labute approximate surface area is 119 Å². The van der Waals surface area contributed by atoms with Gasteiger partial charge in [0.1, 0.15) is 0 Å². The number of hydrogen-bond donors (Lipinski definition) is 1. The molecule has 0 aliphatic rings. The smallest absolute Gasteiger partial charge is 0.0995 e. The quantitative estimate of drug-likeness (QED) is 0.789. The van der Waals surface area contributed by atoms with E-state index < -0.39 is 0 Å². The first-order valence-electron chi connectivity index (χ1n) is 6.02. The highest BCUT2D eigenvalue weighted by atomic mass is 79.9. The molecule has 3 aromatic rings. The Hall–Kier alpha value is -1.72. The van der Waals surface area contributed by atoms with Crippen molar-refractivity contribution < 1.29 is 0 Å². The number of hydrogen-bond acceptors (Lipinski definition) is 3. The maximum Gasteiger partial charge on any atom is 0.0995 e. The molecule has 0 aliphatic heterocycles. The van der Waals surface area contributed by atoms with Crippen molar-refractivity contribution in [3.8, 4) is 5.69 Å². The highest BCUT2D eigenvalue weighted by Crippen LogP contribution is 2.28. The number of fused-ring (bicyclic) bond motifs is 1. The molecule has 1 aromatic heterocycles. The lowest BCUT2D eigenvalue weighted by Crippen LogP contribution is -2.04. The largest absolute Gasteiger partial charge is 0.323 e. The molecule has 0 spiro atoms. The standard InChI is InChI=1S/C14H13BrN4/c1-9(16)13-8-19(18-17-13)14-7-6-12(15)10-4-2-3-5-11(10)14/h2-9H,16H2,1H3. The monoisotopic (exact) mass is 316 g/mol. The molecule has 0 amide bonds. The van der Waals surface area contributed by atoms with Crippen LogP contribution in [0, 0.1) is 0 Å². The summed E-state index contributed by atoms with van der Waals surface area (Å²) < 4.78 is 2.84. The summed E-state index contributed by atoms with van der Waals surface area (Å²) in [5.41, 5.74) is 7.60. The van der Waals surface area contributed by atoms with E-state index in [1.807, 2.05) is 37.4 Å². The molecule has 96 valence electrons. The van der Waals surface area contributed by atoms with E-state index in [0.29, 0.717) is 0 Å². The molecule has 2 aromatic carbocycles. The maximum absolute atomic E-state index is 5.82. The fraction of sp³-hybridized carbons (Fsp3) is 0.143. The van der Waals surface area contributed by atoms with Gasteiger partial charge in [-0.25, -0.2) is 4.68 Å². The van der Waals surface area contributed by atoms with Crippen LogP contribution in [-0.2, 0) is 0 Å². The van der Waals surface area contributed by atoms with Crippen LogP contribution in [-0.4, -0.2) is 15.0 Å².